The van der Waals surface area contributed by atoms with E-state index in [1.165, 1.54) is 14.2 Å². The van der Waals surface area contributed by atoms with Crippen LogP contribution < -0.4 is 13.9 Å². The van der Waals surface area contributed by atoms with Gasteiger partial charge in [-0.2, -0.15) is 0 Å². The first-order valence-corrected chi connectivity index (χ1v) is 16.6. The summed E-state index contributed by atoms with van der Waals surface area (Å²) < 4.78 is 27.3. The number of rotatable bonds is 8. The minimum absolute atomic E-state index is 0.0431. The van der Waals surface area contributed by atoms with Gasteiger partial charge in [0.05, 0.1) is 26.1 Å². The Balaban J connectivity index is 1.65. The van der Waals surface area contributed by atoms with E-state index in [9.17, 15) is 19.2 Å². The van der Waals surface area contributed by atoms with Gasteiger partial charge in [0.2, 0.25) is 8.32 Å². The van der Waals surface area contributed by atoms with E-state index in [0.717, 1.165) is 5.56 Å². The molecule has 0 aromatic heterocycles. The standard InChI is InChI=1S/C31H40O9Si/c1-19-9-15-25(23(17-19)29(34)36-5)38-27(32)20-10-12-21(13-11-20)28(33)39-26-16-14-22(18-24(26)30(35)37-6)40-41(7,8)31(2,3)4/h9,14-18,20-21H,10-13H2,1-8H3. The second kappa shape index (κ2) is 12.9. The zero-order chi connectivity index (χ0) is 30.5. The van der Waals surface area contributed by atoms with Crippen LogP contribution >= 0.6 is 0 Å². The van der Waals surface area contributed by atoms with Crippen LogP contribution in [0.3, 0.4) is 0 Å². The monoisotopic (exact) mass is 584 g/mol. The predicted octanol–water partition coefficient (Wildman–Crippen LogP) is 6.27. The van der Waals surface area contributed by atoms with Gasteiger partial charge in [-0.15, -0.1) is 0 Å². The van der Waals surface area contributed by atoms with Crippen LogP contribution in [0.2, 0.25) is 18.1 Å². The normalized spacial score (nSPS) is 17.3. The molecule has 0 amide bonds. The van der Waals surface area contributed by atoms with Crippen molar-refractivity contribution in [1.82, 2.24) is 0 Å². The lowest BCUT2D eigenvalue weighted by molar-refractivity contribution is -0.145. The zero-order valence-electron chi connectivity index (χ0n) is 25.1. The Morgan fingerprint density at radius 2 is 1.17 bits per heavy atom. The highest BCUT2D eigenvalue weighted by molar-refractivity contribution is 6.74. The maximum Gasteiger partial charge on any atom is 0.341 e. The van der Waals surface area contributed by atoms with E-state index in [-0.39, 0.29) is 27.7 Å². The Bertz CT molecular complexity index is 1300. The molecule has 0 bridgehead atoms. The largest absolute Gasteiger partial charge is 0.543 e. The van der Waals surface area contributed by atoms with Gasteiger partial charge in [0, 0.05) is 0 Å². The number of aryl methyl sites for hydroxylation is 1. The van der Waals surface area contributed by atoms with Crippen molar-refractivity contribution < 1.29 is 42.6 Å². The summed E-state index contributed by atoms with van der Waals surface area (Å²) in [4.78, 5) is 50.6. The van der Waals surface area contributed by atoms with Crippen LogP contribution in [0, 0.1) is 18.8 Å². The van der Waals surface area contributed by atoms with Crippen LogP contribution in [0.1, 0.15) is 72.7 Å². The molecule has 1 aliphatic rings. The first-order valence-electron chi connectivity index (χ1n) is 13.7. The van der Waals surface area contributed by atoms with Crippen LogP contribution in [-0.4, -0.2) is 46.4 Å². The lowest BCUT2D eigenvalue weighted by atomic mass is 9.82. The van der Waals surface area contributed by atoms with Crippen molar-refractivity contribution in [3.63, 3.8) is 0 Å². The van der Waals surface area contributed by atoms with Gasteiger partial charge in [-0.1, -0.05) is 26.8 Å². The predicted molar refractivity (Wildman–Crippen MR) is 155 cm³/mol. The summed E-state index contributed by atoms with van der Waals surface area (Å²) in [6, 6.07) is 9.72. The topological polar surface area (TPSA) is 114 Å². The van der Waals surface area contributed by atoms with Crippen molar-refractivity contribution in [2.45, 2.75) is 71.5 Å². The fraction of sp³-hybridized carbons (Fsp3) is 0.484. The summed E-state index contributed by atoms with van der Waals surface area (Å²) in [5.41, 5.74) is 1.12. The summed E-state index contributed by atoms with van der Waals surface area (Å²) in [7, 11) is 0.366. The molecule has 0 aliphatic heterocycles. The van der Waals surface area contributed by atoms with Crippen molar-refractivity contribution in [3.8, 4) is 17.2 Å². The molecule has 41 heavy (non-hydrogen) atoms. The average Bonchev–Trinajstić information content (AvgIpc) is 2.93. The molecule has 1 fully saturated rings. The number of carbonyl (C=O) groups is 4. The van der Waals surface area contributed by atoms with Gasteiger partial charge in [0.15, 0.2) is 0 Å². The van der Waals surface area contributed by atoms with Gasteiger partial charge in [-0.25, -0.2) is 9.59 Å². The Kier molecular flexibility index (Phi) is 10.0. The molecular weight excluding hydrogens is 544 g/mol. The zero-order valence-corrected chi connectivity index (χ0v) is 26.1. The quantitative estimate of drug-likeness (QED) is 0.201. The second-order valence-electron chi connectivity index (χ2n) is 11.9. The van der Waals surface area contributed by atoms with E-state index >= 15 is 0 Å². The van der Waals surface area contributed by atoms with Gasteiger partial charge < -0.3 is 23.4 Å². The number of methoxy groups -OCH3 is 2. The molecule has 0 N–H and O–H groups in total. The van der Waals surface area contributed by atoms with E-state index in [2.05, 4.69) is 33.9 Å². The van der Waals surface area contributed by atoms with E-state index in [0.29, 0.717) is 31.4 Å². The van der Waals surface area contributed by atoms with Crippen LogP contribution in [-0.2, 0) is 19.1 Å². The van der Waals surface area contributed by atoms with Crippen LogP contribution in [0.25, 0.3) is 0 Å². The first-order chi connectivity index (χ1) is 19.2. The van der Waals surface area contributed by atoms with E-state index in [1.807, 2.05) is 6.92 Å². The second-order valence-corrected chi connectivity index (χ2v) is 16.6. The molecule has 0 heterocycles. The van der Waals surface area contributed by atoms with Crippen molar-refractivity contribution in [3.05, 3.63) is 53.1 Å². The molecule has 0 unspecified atom stereocenters. The van der Waals surface area contributed by atoms with Crippen LogP contribution in [0.4, 0.5) is 0 Å². The Morgan fingerprint density at radius 3 is 1.61 bits per heavy atom. The minimum Gasteiger partial charge on any atom is -0.543 e. The minimum atomic E-state index is -2.16. The Morgan fingerprint density at radius 1 is 0.732 bits per heavy atom. The van der Waals surface area contributed by atoms with Crippen LogP contribution in [0.5, 0.6) is 17.2 Å². The Labute approximate surface area is 242 Å². The molecule has 0 spiro atoms. The van der Waals surface area contributed by atoms with Gasteiger partial charge in [0.1, 0.15) is 28.4 Å². The molecule has 222 valence electrons. The highest BCUT2D eigenvalue weighted by Gasteiger charge is 2.39. The maximum absolute atomic E-state index is 13.1. The molecule has 0 saturated heterocycles. The van der Waals surface area contributed by atoms with Crippen molar-refractivity contribution in [1.29, 1.82) is 0 Å². The summed E-state index contributed by atoms with van der Waals surface area (Å²) in [6.07, 6.45) is 1.66. The molecule has 1 saturated carbocycles. The molecule has 2 aromatic rings. The third-order valence-electron chi connectivity index (χ3n) is 7.89. The summed E-state index contributed by atoms with van der Waals surface area (Å²) >= 11 is 0. The highest BCUT2D eigenvalue weighted by Crippen LogP contribution is 2.39. The van der Waals surface area contributed by atoms with E-state index < -0.39 is 44.0 Å². The maximum atomic E-state index is 13.1. The molecule has 3 rings (SSSR count). The Hall–Kier alpha value is -3.66. The molecule has 0 radical (unpaired) electrons. The van der Waals surface area contributed by atoms with E-state index in [1.54, 1.807) is 36.4 Å². The molecule has 9 nitrogen and oxygen atoms in total. The lowest BCUT2D eigenvalue weighted by Gasteiger charge is -2.36. The molecular formula is C31H40O9Si. The number of hydrogen-bond acceptors (Lipinski definition) is 9. The van der Waals surface area contributed by atoms with Gasteiger partial charge in [-0.3, -0.25) is 9.59 Å². The summed E-state index contributed by atoms with van der Waals surface area (Å²) in [6.45, 7) is 12.4. The molecule has 0 atom stereocenters. The van der Waals surface area contributed by atoms with Crippen molar-refractivity contribution in [2.75, 3.05) is 14.2 Å². The first kappa shape index (κ1) is 31.9. The summed E-state index contributed by atoms with van der Waals surface area (Å²) in [5.74, 6) is -2.29. The fourth-order valence-corrected chi connectivity index (χ4v) is 5.35. The van der Waals surface area contributed by atoms with Gasteiger partial charge in [-0.05, 0) is 86.6 Å². The lowest BCUT2D eigenvalue weighted by Crippen LogP contribution is -2.43. The highest BCUT2D eigenvalue weighted by atomic mass is 28.4. The number of benzene rings is 2. The van der Waals surface area contributed by atoms with Crippen LogP contribution in [0.15, 0.2) is 36.4 Å². The average molecular weight is 585 g/mol. The SMILES string of the molecule is COC(=O)c1cc(C)ccc1OC(=O)C1CCC(C(=O)Oc2ccc(O[Si](C)(C)C(C)(C)C)cc2C(=O)OC)CC1. The number of ether oxygens (including phenoxy) is 4. The smallest absolute Gasteiger partial charge is 0.341 e. The fourth-order valence-electron chi connectivity index (χ4n) is 4.33. The van der Waals surface area contributed by atoms with Gasteiger partial charge in [0.25, 0.3) is 0 Å². The van der Waals surface area contributed by atoms with Gasteiger partial charge >= 0.3 is 23.9 Å². The number of carbonyl (C=O) groups excluding carboxylic acids is 4. The van der Waals surface area contributed by atoms with Crippen molar-refractivity contribution in [2.24, 2.45) is 11.8 Å². The number of hydrogen-bond donors (Lipinski definition) is 0. The summed E-state index contributed by atoms with van der Waals surface area (Å²) in [5, 5.41) is -0.0431. The third kappa shape index (κ3) is 7.75. The van der Waals surface area contributed by atoms with Crippen molar-refractivity contribution >= 4 is 32.2 Å². The molecule has 1 aliphatic carbocycles. The molecule has 10 heteroatoms. The molecule has 2 aromatic carbocycles. The third-order valence-corrected chi connectivity index (χ3v) is 12.2. The van der Waals surface area contributed by atoms with E-state index in [4.69, 9.17) is 23.4 Å². The number of esters is 4.